The molecule has 0 unspecified atom stereocenters. The van der Waals surface area contributed by atoms with Crippen LogP contribution in [0.2, 0.25) is 0 Å². The molecular weight excluding hydrogens is 552 g/mol. The average molecular weight is 619 g/mol. The summed E-state index contributed by atoms with van der Waals surface area (Å²) in [6, 6.07) is 15.7. The van der Waals surface area contributed by atoms with E-state index < -0.39 is 0 Å². The molecule has 4 nitrogen and oxygen atoms in total. The van der Waals surface area contributed by atoms with Crippen molar-refractivity contribution in [2.24, 2.45) is 10.2 Å². The van der Waals surface area contributed by atoms with Gasteiger partial charge in [-0.05, 0) is 61.2 Å². The van der Waals surface area contributed by atoms with E-state index in [2.05, 4.69) is 36.2 Å². The third-order valence-electron chi connectivity index (χ3n) is 8.84. The molecule has 0 bridgehead atoms. The van der Waals surface area contributed by atoms with Crippen LogP contribution in [0.3, 0.4) is 0 Å². The highest BCUT2D eigenvalue weighted by atomic mass is 16.5. The van der Waals surface area contributed by atoms with E-state index in [9.17, 15) is 4.79 Å². The molecule has 0 aliphatic heterocycles. The lowest BCUT2D eigenvalue weighted by Crippen LogP contribution is -2.07. The summed E-state index contributed by atoms with van der Waals surface area (Å²) < 4.78 is 5.53. The molecule has 2 aromatic rings. The van der Waals surface area contributed by atoms with Crippen molar-refractivity contribution in [2.75, 3.05) is 0 Å². The lowest BCUT2D eigenvalue weighted by molar-refractivity contribution is -0.134. The third kappa shape index (κ3) is 21.8. The number of benzene rings is 2. The van der Waals surface area contributed by atoms with E-state index in [0.717, 1.165) is 30.6 Å². The number of aryl methyl sites for hydroxylation is 1. The molecule has 0 aliphatic carbocycles. The van der Waals surface area contributed by atoms with Gasteiger partial charge >= 0.3 is 5.97 Å². The van der Waals surface area contributed by atoms with Crippen molar-refractivity contribution in [3.63, 3.8) is 0 Å². The molecule has 0 saturated carbocycles. The molecule has 2 rings (SSSR count). The van der Waals surface area contributed by atoms with Crippen LogP contribution in [0.5, 0.6) is 5.75 Å². The summed E-state index contributed by atoms with van der Waals surface area (Å²) >= 11 is 0. The van der Waals surface area contributed by atoms with Crippen LogP contribution >= 0.6 is 0 Å². The lowest BCUT2D eigenvalue weighted by atomic mass is 10.0. The number of rotatable bonds is 29. The summed E-state index contributed by atoms with van der Waals surface area (Å²) in [6.45, 7) is 4.55. The second kappa shape index (κ2) is 27.8. The van der Waals surface area contributed by atoms with Crippen LogP contribution in [-0.4, -0.2) is 5.97 Å². The molecule has 252 valence electrons. The Morgan fingerprint density at radius 1 is 0.467 bits per heavy atom. The van der Waals surface area contributed by atoms with E-state index in [-0.39, 0.29) is 5.97 Å². The smallest absolute Gasteiger partial charge is 0.311 e. The summed E-state index contributed by atoms with van der Waals surface area (Å²) in [6.07, 6.45) is 33.7. The van der Waals surface area contributed by atoms with Gasteiger partial charge < -0.3 is 4.74 Å². The Hall–Kier alpha value is -2.49. The molecule has 0 radical (unpaired) electrons. The predicted molar refractivity (Wildman–Crippen MR) is 193 cm³/mol. The van der Waals surface area contributed by atoms with Gasteiger partial charge in [0.1, 0.15) is 5.75 Å². The highest BCUT2D eigenvalue weighted by Gasteiger charge is 2.05. The standard InChI is InChI=1S/C41H66N2O2/c1-3-5-7-9-11-12-13-14-15-16-17-18-19-20-21-22-24-26-28-41(44)45-40-35-33-39(34-36-40)43-42-38-31-29-37(30-32-38)27-25-23-10-8-6-4-2/h29-36H,3-28H2,1-2H3. The molecule has 0 heterocycles. The van der Waals surface area contributed by atoms with Gasteiger partial charge in [-0.25, -0.2) is 0 Å². The average Bonchev–Trinajstić information content (AvgIpc) is 3.06. The number of carbonyl (C=O) groups is 1. The first-order chi connectivity index (χ1) is 22.2. The Kier molecular flexibility index (Phi) is 23.9. The van der Waals surface area contributed by atoms with E-state index in [1.807, 2.05) is 24.3 Å². The Morgan fingerprint density at radius 2 is 0.822 bits per heavy atom. The van der Waals surface area contributed by atoms with Gasteiger partial charge in [-0.2, -0.15) is 10.2 Å². The highest BCUT2D eigenvalue weighted by Crippen LogP contribution is 2.23. The minimum atomic E-state index is -0.151. The number of unbranched alkanes of at least 4 members (excludes halogenated alkanes) is 22. The number of esters is 1. The SMILES string of the molecule is CCCCCCCCCCCCCCCCCCCCC(=O)Oc1ccc(N=Nc2ccc(CCCCCCCC)cc2)cc1. The largest absolute Gasteiger partial charge is 0.427 e. The van der Waals surface area contributed by atoms with E-state index in [1.165, 1.54) is 147 Å². The van der Waals surface area contributed by atoms with E-state index >= 15 is 0 Å². The van der Waals surface area contributed by atoms with Crippen LogP contribution < -0.4 is 4.74 Å². The number of ether oxygens (including phenoxy) is 1. The van der Waals surface area contributed by atoms with Gasteiger partial charge in [0.15, 0.2) is 0 Å². The van der Waals surface area contributed by atoms with Crippen LogP contribution in [0, 0.1) is 0 Å². The van der Waals surface area contributed by atoms with Gasteiger partial charge in [-0.15, -0.1) is 0 Å². The predicted octanol–water partition coefficient (Wildman–Crippen LogP) is 14.3. The van der Waals surface area contributed by atoms with E-state index in [4.69, 9.17) is 4.74 Å². The number of hydrogen-bond acceptors (Lipinski definition) is 4. The van der Waals surface area contributed by atoms with Gasteiger partial charge in [0.2, 0.25) is 0 Å². The molecule has 2 aromatic carbocycles. The fraction of sp³-hybridized carbons (Fsp3) is 0.683. The number of azo groups is 1. The molecule has 0 fully saturated rings. The number of carbonyl (C=O) groups excluding carboxylic acids is 1. The van der Waals surface area contributed by atoms with Crippen LogP contribution in [0.15, 0.2) is 58.8 Å². The lowest BCUT2D eigenvalue weighted by Gasteiger charge is -2.05. The maximum Gasteiger partial charge on any atom is 0.311 e. The minimum absolute atomic E-state index is 0.151. The topological polar surface area (TPSA) is 51.0 Å². The van der Waals surface area contributed by atoms with Gasteiger partial charge in [0.25, 0.3) is 0 Å². The van der Waals surface area contributed by atoms with Crippen molar-refractivity contribution in [3.8, 4) is 5.75 Å². The fourth-order valence-corrected chi connectivity index (χ4v) is 5.89. The molecular formula is C41H66N2O2. The normalized spacial score (nSPS) is 11.4. The van der Waals surface area contributed by atoms with Gasteiger partial charge in [0, 0.05) is 6.42 Å². The number of hydrogen-bond donors (Lipinski definition) is 0. The molecule has 0 aromatic heterocycles. The first-order valence-electron chi connectivity index (χ1n) is 19.0. The molecule has 0 saturated heterocycles. The molecule has 0 atom stereocenters. The molecule has 0 spiro atoms. The Morgan fingerprint density at radius 3 is 1.24 bits per heavy atom. The van der Waals surface area contributed by atoms with Gasteiger partial charge in [-0.3, -0.25) is 4.79 Å². The molecule has 0 N–H and O–H groups in total. The summed E-state index contributed by atoms with van der Waals surface area (Å²) in [5.74, 6) is 0.419. The highest BCUT2D eigenvalue weighted by molar-refractivity contribution is 5.72. The Bertz CT molecular complexity index is 984. The number of nitrogens with zero attached hydrogens (tertiary/aromatic N) is 2. The van der Waals surface area contributed by atoms with Crippen LogP contribution in [-0.2, 0) is 11.2 Å². The van der Waals surface area contributed by atoms with Crippen molar-refractivity contribution in [1.82, 2.24) is 0 Å². The summed E-state index contributed by atoms with van der Waals surface area (Å²) in [4.78, 5) is 12.3. The van der Waals surface area contributed by atoms with Crippen LogP contribution in [0.25, 0.3) is 0 Å². The van der Waals surface area contributed by atoms with Crippen molar-refractivity contribution in [2.45, 2.75) is 181 Å². The van der Waals surface area contributed by atoms with E-state index in [0.29, 0.717) is 12.2 Å². The Balaban J connectivity index is 1.44. The first kappa shape index (κ1) is 38.7. The fourth-order valence-electron chi connectivity index (χ4n) is 5.89. The van der Waals surface area contributed by atoms with Crippen molar-refractivity contribution in [3.05, 3.63) is 54.1 Å². The molecule has 45 heavy (non-hydrogen) atoms. The zero-order valence-corrected chi connectivity index (χ0v) is 29.2. The maximum atomic E-state index is 12.3. The summed E-state index contributed by atoms with van der Waals surface area (Å²) in [5, 5.41) is 8.71. The molecule has 0 aliphatic rings. The van der Waals surface area contributed by atoms with E-state index in [1.54, 1.807) is 12.1 Å². The summed E-state index contributed by atoms with van der Waals surface area (Å²) in [7, 11) is 0. The Labute approximate surface area is 277 Å². The summed E-state index contributed by atoms with van der Waals surface area (Å²) in [5.41, 5.74) is 2.96. The minimum Gasteiger partial charge on any atom is -0.427 e. The van der Waals surface area contributed by atoms with Crippen molar-refractivity contribution < 1.29 is 9.53 Å². The van der Waals surface area contributed by atoms with Gasteiger partial charge in [-0.1, -0.05) is 167 Å². The van der Waals surface area contributed by atoms with Crippen molar-refractivity contribution >= 4 is 17.3 Å². The second-order valence-electron chi connectivity index (χ2n) is 13.1. The maximum absolute atomic E-state index is 12.3. The van der Waals surface area contributed by atoms with Crippen LogP contribution in [0.1, 0.15) is 180 Å². The van der Waals surface area contributed by atoms with Gasteiger partial charge in [0.05, 0.1) is 11.4 Å². The first-order valence-corrected chi connectivity index (χ1v) is 19.0. The van der Waals surface area contributed by atoms with Crippen molar-refractivity contribution in [1.29, 1.82) is 0 Å². The second-order valence-corrected chi connectivity index (χ2v) is 13.1. The zero-order chi connectivity index (χ0) is 32.0. The molecule has 0 amide bonds. The van der Waals surface area contributed by atoms with Crippen LogP contribution in [0.4, 0.5) is 11.4 Å². The zero-order valence-electron chi connectivity index (χ0n) is 29.2. The third-order valence-corrected chi connectivity index (χ3v) is 8.84. The monoisotopic (exact) mass is 619 g/mol. The molecule has 4 heteroatoms. The quantitative estimate of drug-likeness (QED) is 0.0394.